The SMILES string of the molecule is Cc1cccc(-c2ccc(CNCc3ccc(Cl)c(Cl)c3)cn2)c1. The van der Waals surface area contributed by atoms with Gasteiger partial charge in [-0.15, -0.1) is 0 Å². The molecular formula is C20H18Cl2N2. The third kappa shape index (κ3) is 4.35. The van der Waals surface area contributed by atoms with Crippen LogP contribution in [0.25, 0.3) is 11.3 Å². The van der Waals surface area contributed by atoms with Gasteiger partial charge in [-0.3, -0.25) is 4.98 Å². The van der Waals surface area contributed by atoms with Crippen LogP contribution in [0, 0.1) is 6.92 Å². The molecule has 1 heterocycles. The summed E-state index contributed by atoms with van der Waals surface area (Å²) in [6, 6.07) is 18.2. The van der Waals surface area contributed by atoms with Crippen LogP contribution in [-0.2, 0) is 13.1 Å². The molecule has 0 bridgehead atoms. The average molecular weight is 357 g/mol. The highest BCUT2D eigenvalue weighted by molar-refractivity contribution is 6.42. The molecule has 0 aliphatic carbocycles. The van der Waals surface area contributed by atoms with Gasteiger partial charge in [-0.2, -0.15) is 0 Å². The van der Waals surface area contributed by atoms with Crippen molar-refractivity contribution in [1.29, 1.82) is 0 Å². The minimum absolute atomic E-state index is 0.580. The van der Waals surface area contributed by atoms with Crippen LogP contribution in [0.2, 0.25) is 10.0 Å². The fourth-order valence-electron chi connectivity index (χ4n) is 2.50. The second kappa shape index (κ2) is 7.80. The number of halogens is 2. The van der Waals surface area contributed by atoms with Crippen molar-refractivity contribution in [2.75, 3.05) is 0 Å². The van der Waals surface area contributed by atoms with Crippen molar-refractivity contribution in [1.82, 2.24) is 10.3 Å². The van der Waals surface area contributed by atoms with Crippen LogP contribution >= 0.6 is 23.2 Å². The predicted molar refractivity (Wildman–Crippen MR) is 101 cm³/mol. The smallest absolute Gasteiger partial charge is 0.0702 e. The molecule has 0 fully saturated rings. The molecule has 3 aromatic rings. The van der Waals surface area contributed by atoms with Crippen LogP contribution in [0.5, 0.6) is 0 Å². The van der Waals surface area contributed by atoms with Crippen LogP contribution in [0.15, 0.2) is 60.8 Å². The Morgan fingerprint density at radius 2 is 1.67 bits per heavy atom. The van der Waals surface area contributed by atoms with Crippen LogP contribution in [0.3, 0.4) is 0 Å². The zero-order valence-corrected chi connectivity index (χ0v) is 14.9. The second-order valence-corrected chi connectivity index (χ2v) is 6.59. The first-order chi connectivity index (χ1) is 11.6. The van der Waals surface area contributed by atoms with Crippen LogP contribution in [-0.4, -0.2) is 4.98 Å². The van der Waals surface area contributed by atoms with E-state index in [0.717, 1.165) is 35.5 Å². The van der Waals surface area contributed by atoms with Crippen molar-refractivity contribution in [3.8, 4) is 11.3 Å². The van der Waals surface area contributed by atoms with E-state index in [0.29, 0.717) is 10.0 Å². The summed E-state index contributed by atoms with van der Waals surface area (Å²) < 4.78 is 0. The Balaban J connectivity index is 1.59. The summed E-state index contributed by atoms with van der Waals surface area (Å²) in [5.41, 5.74) is 5.62. The largest absolute Gasteiger partial charge is 0.309 e. The molecule has 24 heavy (non-hydrogen) atoms. The van der Waals surface area contributed by atoms with E-state index in [1.54, 1.807) is 0 Å². The minimum Gasteiger partial charge on any atom is -0.309 e. The summed E-state index contributed by atoms with van der Waals surface area (Å²) >= 11 is 12.0. The summed E-state index contributed by atoms with van der Waals surface area (Å²) in [4.78, 5) is 4.56. The molecule has 0 saturated carbocycles. The number of benzene rings is 2. The van der Waals surface area contributed by atoms with Gasteiger partial charge >= 0.3 is 0 Å². The average Bonchev–Trinajstić information content (AvgIpc) is 2.59. The fraction of sp³-hybridized carbons (Fsp3) is 0.150. The lowest BCUT2D eigenvalue weighted by Crippen LogP contribution is -2.12. The zero-order valence-electron chi connectivity index (χ0n) is 13.4. The van der Waals surface area contributed by atoms with Gasteiger partial charge in [-0.25, -0.2) is 0 Å². The van der Waals surface area contributed by atoms with Gasteiger partial charge in [0.05, 0.1) is 15.7 Å². The highest BCUT2D eigenvalue weighted by Gasteiger charge is 2.02. The molecule has 4 heteroatoms. The zero-order chi connectivity index (χ0) is 16.9. The molecule has 0 aliphatic rings. The summed E-state index contributed by atoms with van der Waals surface area (Å²) in [5.74, 6) is 0. The van der Waals surface area contributed by atoms with Gasteiger partial charge in [-0.05, 0) is 42.3 Å². The van der Waals surface area contributed by atoms with Gasteiger partial charge in [0.1, 0.15) is 0 Å². The van der Waals surface area contributed by atoms with E-state index in [-0.39, 0.29) is 0 Å². The third-order valence-electron chi connectivity index (χ3n) is 3.78. The second-order valence-electron chi connectivity index (χ2n) is 5.77. The number of rotatable bonds is 5. The lowest BCUT2D eigenvalue weighted by molar-refractivity contribution is 0.691. The molecule has 0 unspecified atom stereocenters. The van der Waals surface area contributed by atoms with Crippen molar-refractivity contribution < 1.29 is 0 Å². The Hall–Kier alpha value is -1.87. The minimum atomic E-state index is 0.580. The Labute approximate surface area is 152 Å². The normalized spacial score (nSPS) is 10.8. The highest BCUT2D eigenvalue weighted by Crippen LogP contribution is 2.22. The number of pyridine rings is 1. The first-order valence-corrected chi connectivity index (χ1v) is 8.54. The van der Waals surface area contributed by atoms with Crippen molar-refractivity contribution in [2.24, 2.45) is 0 Å². The quantitative estimate of drug-likeness (QED) is 0.638. The van der Waals surface area contributed by atoms with Crippen molar-refractivity contribution in [3.63, 3.8) is 0 Å². The summed E-state index contributed by atoms with van der Waals surface area (Å²) in [6.07, 6.45) is 1.92. The van der Waals surface area contributed by atoms with E-state index in [1.165, 1.54) is 5.56 Å². The van der Waals surface area contributed by atoms with E-state index < -0.39 is 0 Å². The van der Waals surface area contributed by atoms with Gasteiger partial charge in [0.15, 0.2) is 0 Å². The molecule has 1 N–H and O–H groups in total. The molecule has 0 aliphatic heterocycles. The highest BCUT2D eigenvalue weighted by atomic mass is 35.5. The monoisotopic (exact) mass is 356 g/mol. The van der Waals surface area contributed by atoms with Crippen molar-refractivity contribution >= 4 is 23.2 Å². The molecule has 122 valence electrons. The third-order valence-corrected chi connectivity index (χ3v) is 4.52. The molecule has 1 aromatic heterocycles. The molecule has 0 radical (unpaired) electrons. The van der Waals surface area contributed by atoms with Crippen molar-refractivity contribution in [2.45, 2.75) is 20.0 Å². The Bertz CT molecular complexity index is 829. The number of hydrogen-bond acceptors (Lipinski definition) is 2. The van der Waals surface area contributed by atoms with Gasteiger partial charge in [0.25, 0.3) is 0 Å². The fourth-order valence-corrected chi connectivity index (χ4v) is 2.83. The molecular weight excluding hydrogens is 339 g/mol. The lowest BCUT2D eigenvalue weighted by Gasteiger charge is -2.07. The predicted octanol–water partition coefficient (Wildman–Crippen LogP) is 5.65. The van der Waals surface area contributed by atoms with Gasteiger partial charge in [-0.1, -0.05) is 59.1 Å². The van der Waals surface area contributed by atoms with E-state index >= 15 is 0 Å². The first kappa shape index (κ1) is 17.0. The number of hydrogen-bond donors (Lipinski definition) is 1. The van der Waals surface area contributed by atoms with E-state index in [1.807, 2.05) is 24.4 Å². The number of nitrogens with one attached hydrogen (secondary N) is 1. The molecule has 0 saturated heterocycles. The van der Waals surface area contributed by atoms with Gasteiger partial charge in [0.2, 0.25) is 0 Å². The van der Waals surface area contributed by atoms with Gasteiger partial charge < -0.3 is 5.32 Å². The van der Waals surface area contributed by atoms with Crippen molar-refractivity contribution in [3.05, 3.63) is 87.5 Å². The van der Waals surface area contributed by atoms with E-state index in [2.05, 4.69) is 53.6 Å². The van der Waals surface area contributed by atoms with Crippen LogP contribution in [0.1, 0.15) is 16.7 Å². The summed E-state index contributed by atoms with van der Waals surface area (Å²) in [6.45, 7) is 3.57. The van der Waals surface area contributed by atoms with Crippen LogP contribution in [0.4, 0.5) is 0 Å². The number of aryl methyl sites for hydroxylation is 1. The topological polar surface area (TPSA) is 24.9 Å². The Morgan fingerprint density at radius 3 is 2.38 bits per heavy atom. The molecule has 0 atom stereocenters. The molecule has 2 nitrogen and oxygen atoms in total. The Morgan fingerprint density at radius 1 is 0.875 bits per heavy atom. The summed E-state index contributed by atoms with van der Waals surface area (Å²) in [5, 5.41) is 4.55. The van der Waals surface area contributed by atoms with Crippen LogP contribution < -0.4 is 5.32 Å². The molecule has 0 amide bonds. The number of aromatic nitrogens is 1. The first-order valence-electron chi connectivity index (χ1n) is 7.78. The number of nitrogens with zero attached hydrogens (tertiary/aromatic N) is 1. The maximum Gasteiger partial charge on any atom is 0.0702 e. The lowest BCUT2D eigenvalue weighted by atomic mass is 10.1. The van der Waals surface area contributed by atoms with E-state index in [4.69, 9.17) is 23.2 Å². The standard InChI is InChI=1S/C20H18Cl2N2/c1-14-3-2-4-17(9-14)20-8-6-16(13-24-20)12-23-11-15-5-7-18(21)19(22)10-15/h2-10,13,23H,11-12H2,1H3. The Kier molecular flexibility index (Phi) is 5.52. The summed E-state index contributed by atoms with van der Waals surface area (Å²) in [7, 11) is 0. The molecule has 2 aromatic carbocycles. The molecule has 0 spiro atoms. The maximum absolute atomic E-state index is 6.03. The van der Waals surface area contributed by atoms with Gasteiger partial charge in [0, 0.05) is 24.8 Å². The maximum atomic E-state index is 6.03. The molecule has 3 rings (SSSR count). The van der Waals surface area contributed by atoms with E-state index in [9.17, 15) is 0 Å².